The molecule has 1 aliphatic carbocycles. The van der Waals surface area contributed by atoms with Gasteiger partial charge in [0.1, 0.15) is 16.9 Å². The Morgan fingerprint density at radius 3 is 2.32 bits per heavy atom. The average molecular weight is 350 g/mol. The summed E-state index contributed by atoms with van der Waals surface area (Å²) < 4.78 is 0. The van der Waals surface area contributed by atoms with Crippen molar-refractivity contribution in [2.45, 2.75) is 59.5 Å². The van der Waals surface area contributed by atoms with E-state index >= 15 is 0 Å². The van der Waals surface area contributed by atoms with Crippen molar-refractivity contribution < 1.29 is 24.9 Å². The molecule has 0 aromatic rings. The number of aliphatic hydroxyl groups is 3. The maximum Gasteiger partial charge on any atom is 0.176 e. The monoisotopic (exact) mass is 350 g/mol. The van der Waals surface area contributed by atoms with E-state index in [0.717, 1.165) is 11.1 Å². The van der Waals surface area contributed by atoms with Crippen molar-refractivity contribution >= 4 is 11.6 Å². The second kappa shape index (κ2) is 8.59. The summed E-state index contributed by atoms with van der Waals surface area (Å²) in [7, 11) is 0. The highest BCUT2D eigenvalue weighted by Gasteiger charge is 2.54. The molecule has 0 aromatic carbocycles. The first-order chi connectivity index (χ1) is 11.6. The third-order valence-electron chi connectivity index (χ3n) is 4.59. The van der Waals surface area contributed by atoms with Crippen LogP contribution in [0.5, 0.6) is 0 Å². The van der Waals surface area contributed by atoms with Crippen molar-refractivity contribution in [2.75, 3.05) is 6.61 Å². The molecule has 25 heavy (non-hydrogen) atoms. The molecule has 0 saturated carbocycles. The lowest BCUT2D eigenvalue weighted by molar-refractivity contribution is -0.127. The molecule has 2 atom stereocenters. The summed E-state index contributed by atoms with van der Waals surface area (Å²) in [6, 6.07) is 0. The van der Waals surface area contributed by atoms with Crippen LogP contribution in [-0.4, -0.2) is 39.1 Å². The molecular weight excluding hydrogens is 320 g/mol. The number of rotatable bonds is 8. The molecule has 5 nitrogen and oxygen atoms in total. The largest absolute Gasteiger partial charge is 0.508 e. The minimum absolute atomic E-state index is 0.0859. The molecule has 0 spiro atoms. The Balaban J connectivity index is 3.25. The van der Waals surface area contributed by atoms with E-state index in [9.17, 15) is 19.8 Å². The van der Waals surface area contributed by atoms with Crippen LogP contribution in [0.1, 0.15) is 53.9 Å². The molecule has 0 heterocycles. The Bertz CT molecular complexity index is 620. The van der Waals surface area contributed by atoms with E-state index < -0.39 is 34.8 Å². The lowest BCUT2D eigenvalue weighted by atomic mass is 9.82. The number of hydrogen-bond donors (Lipinski definition) is 3. The van der Waals surface area contributed by atoms with Crippen LogP contribution in [0, 0.1) is 11.8 Å². The fraction of sp³-hybridized carbons (Fsp3) is 0.600. The number of hydrogen-bond acceptors (Lipinski definition) is 5. The van der Waals surface area contributed by atoms with Gasteiger partial charge in [-0.3, -0.25) is 9.59 Å². The van der Waals surface area contributed by atoms with Gasteiger partial charge in [-0.2, -0.15) is 0 Å². The first kappa shape index (κ1) is 21.3. The average Bonchev–Trinajstić information content (AvgIpc) is 2.71. The van der Waals surface area contributed by atoms with Crippen molar-refractivity contribution in [3.8, 4) is 0 Å². The van der Waals surface area contributed by atoms with Gasteiger partial charge in [-0.1, -0.05) is 37.1 Å². The van der Waals surface area contributed by atoms with Gasteiger partial charge in [-0.25, -0.2) is 0 Å². The number of carbonyl (C=O) groups is 2. The maximum atomic E-state index is 12.8. The van der Waals surface area contributed by atoms with Gasteiger partial charge in [-0.15, -0.1) is 0 Å². The molecule has 0 fully saturated rings. The molecule has 0 saturated heterocycles. The van der Waals surface area contributed by atoms with Crippen molar-refractivity contribution in [3.05, 3.63) is 34.6 Å². The lowest BCUT2D eigenvalue weighted by Gasteiger charge is -2.28. The molecule has 1 rings (SSSR count). The first-order valence-electron chi connectivity index (χ1n) is 8.70. The molecule has 0 aromatic heterocycles. The van der Waals surface area contributed by atoms with E-state index in [4.69, 9.17) is 5.11 Å². The van der Waals surface area contributed by atoms with Gasteiger partial charge in [0, 0.05) is 5.92 Å². The van der Waals surface area contributed by atoms with Crippen molar-refractivity contribution in [3.63, 3.8) is 0 Å². The van der Waals surface area contributed by atoms with E-state index in [-0.39, 0.29) is 25.0 Å². The van der Waals surface area contributed by atoms with Crippen LogP contribution in [0.15, 0.2) is 34.6 Å². The summed E-state index contributed by atoms with van der Waals surface area (Å²) in [4.78, 5) is 25.1. The zero-order chi connectivity index (χ0) is 19.4. The zero-order valence-electron chi connectivity index (χ0n) is 15.8. The Morgan fingerprint density at radius 2 is 1.84 bits per heavy atom. The standard InChI is InChI=1S/C20H30O5/c1-12(2)8-9-15-18(23)16(17(22)13(3)4)19(24)20(15,25)10-6-7-14(5)11-21/h7-8,13,15,21,24-25H,6,9-11H2,1-5H3. The van der Waals surface area contributed by atoms with Gasteiger partial charge in [0.05, 0.1) is 12.5 Å². The maximum absolute atomic E-state index is 12.8. The van der Waals surface area contributed by atoms with E-state index in [1.165, 1.54) is 0 Å². The third kappa shape index (κ3) is 4.67. The SMILES string of the molecule is CC(C)=CCC1C(=O)C(C(=O)C(C)C)=C(O)C1(O)CCC=C(C)CO. The zero-order valence-corrected chi connectivity index (χ0v) is 15.8. The molecule has 140 valence electrons. The van der Waals surface area contributed by atoms with Crippen molar-refractivity contribution in [1.29, 1.82) is 0 Å². The third-order valence-corrected chi connectivity index (χ3v) is 4.59. The molecule has 1 aliphatic rings. The van der Waals surface area contributed by atoms with Gasteiger partial charge in [0.15, 0.2) is 11.6 Å². The Labute approximate surface area is 149 Å². The molecule has 0 bridgehead atoms. The summed E-state index contributed by atoms with van der Waals surface area (Å²) >= 11 is 0. The van der Waals surface area contributed by atoms with Crippen molar-refractivity contribution in [1.82, 2.24) is 0 Å². The molecule has 0 amide bonds. The fourth-order valence-electron chi connectivity index (χ4n) is 2.97. The lowest BCUT2D eigenvalue weighted by Crippen LogP contribution is -2.38. The summed E-state index contributed by atoms with van der Waals surface area (Å²) in [6.45, 7) is 8.77. The Kier molecular flexibility index (Phi) is 7.32. The van der Waals surface area contributed by atoms with Gasteiger partial charge < -0.3 is 15.3 Å². The first-order valence-corrected chi connectivity index (χ1v) is 8.70. The van der Waals surface area contributed by atoms with Gasteiger partial charge >= 0.3 is 0 Å². The van der Waals surface area contributed by atoms with E-state index in [2.05, 4.69) is 0 Å². The minimum Gasteiger partial charge on any atom is -0.508 e. The number of Topliss-reactive ketones (excluding diaryl/α,β-unsaturated/α-hetero) is 2. The molecule has 0 aliphatic heterocycles. The topological polar surface area (TPSA) is 94.8 Å². The van der Waals surface area contributed by atoms with Gasteiger partial charge in [0.2, 0.25) is 0 Å². The second-order valence-electron chi connectivity index (χ2n) is 7.35. The van der Waals surface area contributed by atoms with Gasteiger partial charge in [0.25, 0.3) is 0 Å². The van der Waals surface area contributed by atoms with E-state index in [0.29, 0.717) is 6.42 Å². The smallest absolute Gasteiger partial charge is 0.176 e. The second-order valence-corrected chi connectivity index (χ2v) is 7.35. The summed E-state index contributed by atoms with van der Waals surface area (Å²) in [6.07, 6.45) is 4.35. The number of ketones is 2. The molecule has 0 radical (unpaired) electrons. The molecule has 2 unspecified atom stereocenters. The summed E-state index contributed by atoms with van der Waals surface area (Å²) in [5, 5.41) is 30.7. The van der Waals surface area contributed by atoms with Crippen LogP contribution in [0.2, 0.25) is 0 Å². The van der Waals surface area contributed by atoms with E-state index in [1.807, 2.05) is 19.9 Å². The summed E-state index contributed by atoms with van der Waals surface area (Å²) in [5.41, 5.74) is -0.271. The van der Waals surface area contributed by atoms with Crippen LogP contribution < -0.4 is 0 Å². The molecule has 5 heteroatoms. The van der Waals surface area contributed by atoms with Crippen LogP contribution in [0.3, 0.4) is 0 Å². The molecular formula is C20H30O5. The van der Waals surface area contributed by atoms with Crippen LogP contribution in [0.25, 0.3) is 0 Å². The van der Waals surface area contributed by atoms with Crippen molar-refractivity contribution in [2.24, 2.45) is 11.8 Å². The highest BCUT2D eigenvalue weighted by molar-refractivity contribution is 6.24. The Hall–Kier alpha value is -1.72. The normalized spacial score (nSPS) is 24.2. The summed E-state index contributed by atoms with van der Waals surface area (Å²) in [5.74, 6) is -2.74. The van der Waals surface area contributed by atoms with Crippen LogP contribution in [-0.2, 0) is 9.59 Å². The predicted octanol–water partition coefficient (Wildman–Crippen LogP) is 3.03. The van der Waals surface area contributed by atoms with Gasteiger partial charge in [-0.05, 0) is 40.0 Å². The number of carbonyl (C=O) groups excluding carboxylic acids is 2. The van der Waals surface area contributed by atoms with Crippen LogP contribution in [0.4, 0.5) is 0 Å². The minimum atomic E-state index is -1.75. The Morgan fingerprint density at radius 1 is 1.24 bits per heavy atom. The number of allylic oxidation sites excluding steroid dienone is 4. The predicted molar refractivity (Wildman–Crippen MR) is 97.1 cm³/mol. The fourth-order valence-corrected chi connectivity index (χ4v) is 2.97. The number of aliphatic hydroxyl groups excluding tert-OH is 2. The highest BCUT2D eigenvalue weighted by atomic mass is 16.3. The molecule has 3 N–H and O–H groups in total. The quantitative estimate of drug-likeness (QED) is 0.462. The van der Waals surface area contributed by atoms with E-state index in [1.54, 1.807) is 26.8 Å². The van der Waals surface area contributed by atoms with Crippen LogP contribution >= 0.6 is 0 Å². The highest BCUT2D eigenvalue weighted by Crippen LogP contribution is 2.43.